The lowest BCUT2D eigenvalue weighted by atomic mass is 10.2. The average Bonchev–Trinajstić information content (AvgIpc) is 2.19. The second-order valence-electron chi connectivity index (χ2n) is 2.50. The number of ether oxygens (including phenoxy) is 1. The monoisotopic (exact) mass is 197 g/mol. The van der Waals surface area contributed by atoms with Crippen molar-refractivity contribution in [2.24, 2.45) is 4.99 Å². The van der Waals surface area contributed by atoms with Gasteiger partial charge in [0.1, 0.15) is 5.75 Å². The largest absolute Gasteiger partial charge is 0.497 e. The lowest BCUT2D eigenvalue weighted by Crippen LogP contribution is -1.87. The van der Waals surface area contributed by atoms with Crippen LogP contribution in [0.15, 0.2) is 29.3 Å². The summed E-state index contributed by atoms with van der Waals surface area (Å²) in [4.78, 5) is 4.12. The fourth-order valence-electron chi connectivity index (χ4n) is 0.941. The SMILES string of the molecule is COc1cccc(C=NCCCl)c1. The van der Waals surface area contributed by atoms with Gasteiger partial charge in [0.15, 0.2) is 0 Å². The summed E-state index contributed by atoms with van der Waals surface area (Å²) in [7, 11) is 1.65. The van der Waals surface area contributed by atoms with E-state index in [1.165, 1.54) is 0 Å². The van der Waals surface area contributed by atoms with Crippen LogP contribution in [0.25, 0.3) is 0 Å². The zero-order valence-electron chi connectivity index (χ0n) is 7.53. The van der Waals surface area contributed by atoms with Crippen molar-refractivity contribution < 1.29 is 4.74 Å². The molecule has 0 unspecified atom stereocenters. The topological polar surface area (TPSA) is 21.6 Å². The molecular weight excluding hydrogens is 186 g/mol. The lowest BCUT2D eigenvalue weighted by molar-refractivity contribution is 0.415. The van der Waals surface area contributed by atoms with E-state index in [0.29, 0.717) is 12.4 Å². The summed E-state index contributed by atoms with van der Waals surface area (Å²) in [6.07, 6.45) is 1.80. The van der Waals surface area contributed by atoms with Crippen molar-refractivity contribution in [3.63, 3.8) is 0 Å². The van der Waals surface area contributed by atoms with Crippen molar-refractivity contribution >= 4 is 17.8 Å². The zero-order chi connectivity index (χ0) is 9.52. The molecule has 0 fully saturated rings. The van der Waals surface area contributed by atoms with E-state index < -0.39 is 0 Å². The summed E-state index contributed by atoms with van der Waals surface area (Å²) >= 11 is 5.49. The van der Waals surface area contributed by atoms with Crippen molar-refractivity contribution in [1.29, 1.82) is 0 Å². The quantitative estimate of drug-likeness (QED) is 0.537. The van der Waals surface area contributed by atoms with E-state index in [2.05, 4.69) is 4.99 Å². The fourth-order valence-corrected chi connectivity index (χ4v) is 1.04. The standard InChI is InChI=1S/C10H12ClNO/c1-13-10-4-2-3-9(7-10)8-12-6-5-11/h2-4,7-8H,5-6H2,1H3. The van der Waals surface area contributed by atoms with E-state index in [1.54, 1.807) is 13.3 Å². The highest BCUT2D eigenvalue weighted by molar-refractivity contribution is 6.18. The number of halogens is 1. The van der Waals surface area contributed by atoms with E-state index >= 15 is 0 Å². The van der Waals surface area contributed by atoms with Crippen molar-refractivity contribution in [2.45, 2.75) is 0 Å². The molecule has 0 aliphatic heterocycles. The Morgan fingerprint density at radius 1 is 1.54 bits per heavy atom. The van der Waals surface area contributed by atoms with Gasteiger partial charge >= 0.3 is 0 Å². The Morgan fingerprint density at radius 3 is 3.08 bits per heavy atom. The van der Waals surface area contributed by atoms with E-state index in [1.807, 2.05) is 24.3 Å². The van der Waals surface area contributed by atoms with Gasteiger partial charge in [-0.05, 0) is 17.7 Å². The molecule has 1 rings (SSSR count). The Labute approximate surface area is 83.2 Å². The van der Waals surface area contributed by atoms with Crippen LogP contribution < -0.4 is 4.74 Å². The average molecular weight is 198 g/mol. The van der Waals surface area contributed by atoms with Crippen molar-refractivity contribution in [3.8, 4) is 5.75 Å². The first kappa shape index (κ1) is 10.1. The lowest BCUT2D eigenvalue weighted by Gasteiger charge is -1.99. The first-order valence-electron chi connectivity index (χ1n) is 4.06. The summed E-state index contributed by atoms with van der Waals surface area (Å²) in [5.74, 6) is 1.40. The minimum absolute atomic E-state index is 0.556. The van der Waals surface area contributed by atoms with Crippen molar-refractivity contribution in [1.82, 2.24) is 0 Å². The Kier molecular flexibility index (Phi) is 4.33. The molecule has 0 bridgehead atoms. The van der Waals surface area contributed by atoms with Crippen molar-refractivity contribution in [3.05, 3.63) is 29.8 Å². The molecular formula is C10H12ClNO. The Balaban J connectivity index is 2.66. The number of nitrogens with zero attached hydrogens (tertiary/aromatic N) is 1. The van der Waals surface area contributed by atoms with Crippen LogP contribution in [0, 0.1) is 0 Å². The first-order chi connectivity index (χ1) is 6.36. The van der Waals surface area contributed by atoms with Crippen LogP contribution in [0.2, 0.25) is 0 Å². The summed E-state index contributed by atoms with van der Waals surface area (Å²) in [6, 6.07) is 7.73. The maximum absolute atomic E-state index is 5.49. The van der Waals surface area contributed by atoms with Gasteiger partial charge in [0, 0.05) is 12.1 Å². The van der Waals surface area contributed by atoms with Gasteiger partial charge in [0.05, 0.1) is 13.7 Å². The molecule has 2 nitrogen and oxygen atoms in total. The highest BCUT2D eigenvalue weighted by Crippen LogP contribution is 2.10. The molecule has 0 heterocycles. The molecule has 0 N–H and O–H groups in total. The molecule has 0 saturated carbocycles. The third-order valence-corrected chi connectivity index (χ3v) is 1.72. The summed E-state index contributed by atoms with van der Waals surface area (Å²) < 4.78 is 5.07. The molecule has 0 aromatic heterocycles. The van der Waals surface area contributed by atoms with Gasteiger partial charge in [-0.3, -0.25) is 4.99 Å². The smallest absolute Gasteiger partial charge is 0.119 e. The number of benzene rings is 1. The summed E-state index contributed by atoms with van der Waals surface area (Å²) in [5.41, 5.74) is 1.03. The molecule has 0 atom stereocenters. The first-order valence-corrected chi connectivity index (χ1v) is 4.60. The molecule has 0 radical (unpaired) electrons. The van der Waals surface area contributed by atoms with E-state index in [9.17, 15) is 0 Å². The molecule has 0 aliphatic carbocycles. The van der Waals surface area contributed by atoms with Gasteiger partial charge < -0.3 is 4.74 Å². The van der Waals surface area contributed by atoms with Gasteiger partial charge in [-0.25, -0.2) is 0 Å². The van der Waals surface area contributed by atoms with Gasteiger partial charge in [0.25, 0.3) is 0 Å². The number of hydrogen-bond donors (Lipinski definition) is 0. The number of rotatable bonds is 4. The molecule has 3 heteroatoms. The van der Waals surface area contributed by atoms with Crippen LogP contribution in [0.4, 0.5) is 0 Å². The number of aliphatic imine (C=N–C) groups is 1. The van der Waals surface area contributed by atoms with Crippen LogP contribution in [0.3, 0.4) is 0 Å². The van der Waals surface area contributed by atoms with Crippen molar-refractivity contribution in [2.75, 3.05) is 19.5 Å². The number of methoxy groups -OCH3 is 1. The Hall–Kier alpha value is -1.02. The number of hydrogen-bond acceptors (Lipinski definition) is 2. The van der Waals surface area contributed by atoms with Gasteiger partial charge in [-0.15, -0.1) is 11.6 Å². The van der Waals surface area contributed by atoms with Gasteiger partial charge in [0.2, 0.25) is 0 Å². The molecule has 70 valence electrons. The van der Waals surface area contributed by atoms with E-state index in [0.717, 1.165) is 11.3 Å². The highest BCUT2D eigenvalue weighted by Gasteiger charge is 1.90. The minimum atomic E-state index is 0.556. The zero-order valence-corrected chi connectivity index (χ0v) is 8.29. The van der Waals surface area contributed by atoms with Crippen LogP contribution in [0.5, 0.6) is 5.75 Å². The predicted molar refractivity (Wildman–Crippen MR) is 56.2 cm³/mol. The second-order valence-corrected chi connectivity index (χ2v) is 2.88. The number of alkyl halides is 1. The summed E-state index contributed by atoms with van der Waals surface area (Å²) in [6.45, 7) is 0.652. The maximum atomic E-state index is 5.49. The van der Waals surface area contributed by atoms with E-state index in [4.69, 9.17) is 16.3 Å². The fraction of sp³-hybridized carbons (Fsp3) is 0.300. The maximum Gasteiger partial charge on any atom is 0.119 e. The second kappa shape index (κ2) is 5.60. The van der Waals surface area contributed by atoms with E-state index in [-0.39, 0.29) is 0 Å². The third-order valence-electron chi connectivity index (χ3n) is 1.55. The van der Waals surface area contributed by atoms with Crippen LogP contribution >= 0.6 is 11.6 Å². The molecule has 0 spiro atoms. The highest BCUT2D eigenvalue weighted by atomic mass is 35.5. The molecule has 0 amide bonds. The van der Waals surface area contributed by atoms with Crippen LogP contribution in [-0.4, -0.2) is 25.7 Å². The molecule has 1 aromatic carbocycles. The van der Waals surface area contributed by atoms with Gasteiger partial charge in [-0.1, -0.05) is 12.1 Å². The molecule has 0 saturated heterocycles. The Bertz CT molecular complexity index is 286. The van der Waals surface area contributed by atoms with Gasteiger partial charge in [-0.2, -0.15) is 0 Å². The Morgan fingerprint density at radius 2 is 2.38 bits per heavy atom. The predicted octanol–water partition coefficient (Wildman–Crippen LogP) is 2.35. The third kappa shape index (κ3) is 3.47. The molecule has 0 aliphatic rings. The molecule has 13 heavy (non-hydrogen) atoms. The summed E-state index contributed by atoms with van der Waals surface area (Å²) in [5, 5.41) is 0. The van der Waals surface area contributed by atoms with Crippen LogP contribution in [-0.2, 0) is 0 Å². The minimum Gasteiger partial charge on any atom is -0.497 e. The normalized spacial score (nSPS) is 10.6. The van der Waals surface area contributed by atoms with Crippen LogP contribution in [0.1, 0.15) is 5.56 Å². The molecule has 1 aromatic rings.